The Bertz CT molecular complexity index is 275. The van der Waals surface area contributed by atoms with Crippen LogP contribution in [-0.2, 0) is 4.74 Å². The zero-order chi connectivity index (χ0) is 11.0. The van der Waals surface area contributed by atoms with Crippen LogP contribution in [0.5, 0.6) is 0 Å². The largest absolute Gasteiger partial charge is 0.490 e. The van der Waals surface area contributed by atoms with Gasteiger partial charge in [-0.25, -0.2) is 0 Å². The predicted octanol–water partition coefficient (Wildman–Crippen LogP) is 1.91. The summed E-state index contributed by atoms with van der Waals surface area (Å²) >= 11 is 1.01. The number of hydrogen-bond donors (Lipinski definition) is 2. The number of nitrogens with two attached hydrogens (primary N) is 1. The van der Waals surface area contributed by atoms with E-state index in [0.29, 0.717) is 5.76 Å². The summed E-state index contributed by atoms with van der Waals surface area (Å²) in [5.74, 6) is 0.374. The molecule has 0 radical (unpaired) electrons. The van der Waals surface area contributed by atoms with E-state index in [2.05, 4.69) is 0 Å². The maximum atomic E-state index is 12.4. The number of halogens is 3. The molecule has 2 atom stereocenters. The number of alkyl halides is 3. The fourth-order valence-corrected chi connectivity index (χ4v) is 1.26. The summed E-state index contributed by atoms with van der Waals surface area (Å²) < 4.78 is 26.8. The third-order valence-electron chi connectivity index (χ3n) is 2.10. The molecule has 0 aromatic heterocycles. The van der Waals surface area contributed by atoms with Crippen molar-refractivity contribution in [2.75, 3.05) is 6.61 Å². The Hall–Kier alpha value is -0.240. The molecule has 0 saturated carbocycles. The quantitative estimate of drug-likeness (QED) is 0.462. The van der Waals surface area contributed by atoms with E-state index in [1.165, 1.54) is 0 Å². The molecule has 0 aromatic carbocycles. The molecule has 0 fully saturated rings. The molecule has 1 unspecified atom stereocenters. The number of nitrogens with one attached hydrogen (secondary N) is 1. The van der Waals surface area contributed by atoms with Gasteiger partial charge in [-0.1, -0.05) is 0 Å². The second kappa shape index (κ2) is 3.73. The van der Waals surface area contributed by atoms with E-state index in [1.54, 1.807) is 13.0 Å². The second-order valence-corrected chi connectivity index (χ2v) is 4.86. The minimum atomic E-state index is -2.88. The van der Waals surface area contributed by atoms with Gasteiger partial charge in [-0.15, -0.1) is 0 Å². The van der Waals surface area contributed by atoms with Gasteiger partial charge in [-0.3, -0.25) is 0 Å². The van der Waals surface area contributed by atoms with Crippen LogP contribution >= 0.6 is 22.6 Å². The lowest BCUT2D eigenvalue weighted by molar-refractivity contribution is 0.0330. The van der Waals surface area contributed by atoms with Gasteiger partial charge < -0.3 is 15.9 Å². The van der Waals surface area contributed by atoms with E-state index in [1.807, 2.05) is 0 Å². The molecular weight excluding hydrogens is 305 g/mol. The van der Waals surface area contributed by atoms with Gasteiger partial charge in [0, 0.05) is 34.8 Å². The summed E-state index contributed by atoms with van der Waals surface area (Å²) in [4.78, 5) is 0. The Morgan fingerprint density at radius 2 is 2.43 bits per heavy atom. The zero-order valence-electron chi connectivity index (χ0n) is 7.56. The summed E-state index contributed by atoms with van der Waals surface area (Å²) in [6, 6.07) is -0.321. The molecule has 1 rings (SSSR count). The van der Waals surface area contributed by atoms with E-state index in [-0.39, 0.29) is 6.04 Å². The van der Waals surface area contributed by atoms with Crippen LogP contribution in [0.3, 0.4) is 0 Å². The van der Waals surface area contributed by atoms with Crippen molar-refractivity contribution < 1.29 is 13.5 Å². The maximum absolute atomic E-state index is 12.4. The molecule has 0 spiro atoms. The van der Waals surface area contributed by atoms with Crippen LogP contribution in [-0.4, -0.2) is 22.8 Å². The highest BCUT2D eigenvalue weighted by atomic mass is 127. The van der Waals surface area contributed by atoms with Crippen LogP contribution in [0.4, 0.5) is 8.78 Å². The summed E-state index contributed by atoms with van der Waals surface area (Å²) in [7, 11) is 0. The summed E-state index contributed by atoms with van der Waals surface area (Å²) in [6.07, 6.45) is 2.71. The Morgan fingerprint density at radius 3 is 2.71 bits per heavy atom. The van der Waals surface area contributed by atoms with E-state index >= 15 is 0 Å². The first-order chi connectivity index (χ1) is 6.32. The average molecular weight is 316 g/mol. The molecule has 0 bridgehead atoms. The Balaban J connectivity index is 2.45. The molecule has 14 heavy (non-hydrogen) atoms. The lowest BCUT2D eigenvalue weighted by atomic mass is 9.97. The molecule has 3 nitrogen and oxygen atoms in total. The van der Waals surface area contributed by atoms with Gasteiger partial charge >= 0.3 is 3.93 Å². The van der Waals surface area contributed by atoms with Crippen molar-refractivity contribution >= 4 is 28.8 Å². The monoisotopic (exact) mass is 316 g/mol. The van der Waals surface area contributed by atoms with Gasteiger partial charge in [-0.2, -0.15) is 8.78 Å². The molecule has 0 aliphatic heterocycles. The average Bonchev–Trinajstić information content (AvgIpc) is 2.74. The van der Waals surface area contributed by atoms with Crippen LogP contribution in [0, 0.1) is 10.8 Å². The van der Waals surface area contributed by atoms with Crippen LogP contribution in [0.1, 0.15) is 6.92 Å². The summed E-state index contributed by atoms with van der Waals surface area (Å²) in [6.45, 7) is 1.03. The molecule has 3 N–H and O–H groups in total. The highest BCUT2D eigenvalue weighted by Gasteiger charge is 2.49. The lowest BCUT2D eigenvalue weighted by Crippen LogP contribution is -2.32. The first-order valence-electron chi connectivity index (χ1n) is 4.02. The van der Waals surface area contributed by atoms with Crippen molar-refractivity contribution in [3.8, 4) is 0 Å². The highest BCUT2D eigenvalue weighted by Crippen LogP contribution is 2.46. The molecule has 6 heteroatoms. The van der Waals surface area contributed by atoms with Gasteiger partial charge in [0.25, 0.3) is 0 Å². The minimum Gasteiger partial charge on any atom is -0.490 e. The highest BCUT2D eigenvalue weighted by molar-refractivity contribution is 14.1. The molecule has 1 aliphatic rings. The molecule has 1 aliphatic carbocycles. The van der Waals surface area contributed by atoms with Gasteiger partial charge in [0.05, 0.1) is 5.41 Å². The number of hydrogen-bond acceptors (Lipinski definition) is 3. The smallest absolute Gasteiger partial charge is 0.329 e. The first-order valence-corrected chi connectivity index (χ1v) is 5.10. The normalized spacial score (nSPS) is 27.9. The molecule has 0 heterocycles. The number of ether oxygens (including phenoxy) is 1. The van der Waals surface area contributed by atoms with Crippen LogP contribution < -0.4 is 5.73 Å². The molecule has 0 saturated heterocycles. The summed E-state index contributed by atoms with van der Waals surface area (Å²) in [5.41, 5.74) is 4.88. The van der Waals surface area contributed by atoms with Crippen molar-refractivity contribution in [3.63, 3.8) is 0 Å². The van der Waals surface area contributed by atoms with E-state index < -0.39 is 16.0 Å². The summed E-state index contributed by atoms with van der Waals surface area (Å²) in [5, 5.41) is 7.14. The van der Waals surface area contributed by atoms with Gasteiger partial charge in [-0.05, 0) is 13.0 Å². The molecule has 0 aromatic rings. The first kappa shape index (κ1) is 11.8. The topological polar surface area (TPSA) is 59.1 Å². The third kappa shape index (κ3) is 2.41. The SMILES string of the molecule is CC(N)[C@@]1(C=N)C=C1OCC(F)(F)I. The fraction of sp³-hybridized carbons (Fsp3) is 0.625. The van der Waals surface area contributed by atoms with Crippen molar-refractivity contribution in [3.05, 3.63) is 11.8 Å². The van der Waals surface area contributed by atoms with Crippen LogP contribution in [0.2, 0.25) is 0 Å². The van der Waals surface area contributed by atoms with Crippen molar-refractivity contribution in [1.82, 2.24) is 0 Å². The van der Waals surface area contributed by atoms with Crippen molar-refractivity contribution in [2.24, 2.45) is 11.1 Å². The lowest BCUT2D eigenvalue weighted by Gasteiger charge is -2.17. The fourth-order valence-electron chi connectivity index (χ4n) is 1.11. The van der Waals surface area contributed by atoms with Crippen LogP contribution in [0.25, 0.3) is 0 Å². The molecule has 0 amide bonds. The van der Waals surface area contributed by atoms with E-state index in [9.17, 15) is 8.78 Å². The second-order valence-electron chi connectivity index (χ2n) is 3.28. The Kier molecular flexibility index (Phi) is 3.15. The standard InChI is InChI=1S/C8H11F2IN2O/c1-5(13)7(3-12)2-6(7)14-4-8(9,10)11/h2-3,5,12H,4,13H2,1H3/t5?,7-/m0/s1. The molecule has 80 valence electrons. The van der Waals surface area contributed by atoms with Gasteiger partial charge in [0.15, 0.2) is 6.61 Å². The third-order valence-corrected chi connectivity index (χ3v) is 2.41. The van der Waals surface area contributed by atoms with Crippen molar-refractivity contribution in [1.29, 1.82) is 5.41 Å². The minimum absolute atomic E-state index is 0.321. The Labute approximate surface area is 94.3 Å². The maximum Gasteiger partial charge on any atom is 0.329 e. The number of rotatable bonds is 5. The van der Waals surface area contributed by atoms with E-state index in [4.69, 9.17) is 15.9 Å². The molecular formula is C8H11F2IN2O. The van der Waals surface area contributed by atoms with Crippen molar-refractivity contribution in [2.45, 2.75) is 16.9 Å². The van der Waals surface area contributed by atoms with Gasteiger partial charge in [0.1, 0.15) is 5.76 Å². The Morgan fingerprint density at radius 1 is 1.86 bits per heavy atom. The predicted molar refractivity (Wildman–Crippen MR) is 57.9 cm³/mol. The zero-order valence-corrected chi connectivity index (χ0v) is 9.72. The van der Waals surface area contributed by atoms with Crippen LogP contribution in [0.15, 0.2) is 11.8 Å². The van der Waals surface area contributed by atoms with Gasteiger partial charge in [0.2, 0.25) is 0 Å². The van der Waals surface area contributed by atoms with E-state index in [0.717, 1.165) is 28.8 Å².